The molecule has 0 aromatic heterocycles. The average molecular weight is 297 g/mol. The topological polar surface area (TPSA) is 53.6 Å². The number of hydrogen-bond acceptors (Lipinski definition) is 4. The van der Waals surface area contributed by atoms with Gasteiger partial charge >= 0.3 is 0 Å². The molecule has 2 fully saturated rings. The molecule has 0 aromatic carbocycles. The second kappa shape index (κ2) is 8.11. The maximum absolute atomic E-state index is 12.0. The third-order valence-corrected chi connectivity index (χ3v) is 4.53. The van der Waals surface area contributed by atoms with E-state index in [0.717, 1.165) is 32.7 Å². The summed E-state index contributed by atoms with van der Waals surface area (Å²) in [7, 11) is 0. The molecule has 21 heavy (non-hydrogen) atoms. The zero-order valence-corrected chi connectivity index (χ0v) is 13.7. The van der Waals surface area contributed by atoms with E-state index in [1.165, 1.54) is 19.4 Å². The van der Waals surface area contributed by atoms with E-state index in [4.69, 9.17) is 4.74 Å². The van der Waals surface area contributed by atoms with Crippen molar-refractivity contribution in [3.63, 3.8) is 0 Å². The standard InChI is InChI=1S/C16H31N3O2/c1-12(2)6-7-17-16(20)13(3)18-9-15-10-19-8-4-5-14(19)11-21-15/h12-15,18H,4-11H2,1-3H3,(H,17,20). The van der Waals surface area contributed by atoms with Gasteiger partial charge in [0.15, 0.2) is 0 Å². The van der Waals surface area contributed by atoms with Gasteiger partial charge in [0, 0.05) is 25.7 Å². The van der Waals surface area contributed by atoms with Crippen LogP contribution in [-0.2, 0) is 9.53 Å². The van der Waals surface area contributed by atoms with E-state index in [-0.39, 0.29) is 18.1 Å². The second-order valence-corrected chi connectivity index (χ2v) is 6.85. The van der Waals surface area contributed by atoms with Crippen LogP contribution in [0.2, 0.25) is 0 Å². The smallest absolute Gasteiger partial charge is 0.236 e. The first kappa shape index (κ1) is 16.7. The van der Waals surface area contributed by atoms with E-state index >= 15 is 0 Å². The lowest BCUT2D eigenvalue weighted by Crippen LogP contribution is -2.52. The predicted molar refractivity (Wildman–Crippen MR) is 84.3 cm³/mol. The van der Waals surface area contributed by atoms with Crippen LogP contribution >= 0.6 is 0 Å². The van der Waals surface area contributed by atoms with Crippen LogP contribution in [0, 0.1) is 5.92 Å². The Morgan fingerprint density at radius 2 is 2.19 bits per heavy atom. The van der Waals surface area contributed by atoms with Gasteiger partial charge in [-0.2, -0.15) is 0 Å². The van der Waals surface area contributed by atoms with Crippen LogP contribution < -0.4 is 10.6 Å². The maximum Gasteiger partial charge on any atom is 0.236 e. The van der Waals surface area contributed by atoms with Gasteiger partial charge < -0.3 is 15.4 Å². The van der Waals surface area contributed by atoms with Crippen molar-refractivity contribution in [2.75, 3.05) is 32.8 Å². The Labute approximate surface area is 128 Å². The van der Waals surface area contributed by atoms with Crippen LogP contribution in [0.3, 0.4) is 0 Å². The molecule has 1 amide bonds. The SMILES string of the molecule is CC(C)CCNC(=O)C(C)NCC1CN2CCCC2CO1. The van der Waals surface area contributed by atoms with Crippen molar-refractivity contribution >= 4 is 5.91 Å². The summed E-state index contributed by atoms with van der Waals surface area (Å²) in [5.74, 6) is 0.711. The summed E-state index contributed by atoms with van der Waals surface area (Å²) in [6, 6.07) is 0.482. The average Bonchev–Trinajstić information content (AvgIpc) is 2.91. The molecular weight excluding hydrogens is 266 g/mol. The highest BCUT2D eigenvalue weighted by Crippen LogP contribution is 2.22. The number of morpholine rings is 1. The molecule has 3 atom stereocenters. The number of fused-ring (bicyclic) bond motifs is 1. The summed E-state index contributed by atoms with van der Waals surface area (Å²) in [6.07, 6.45) is 3.81. The van der Waals surface area contributed by atoms with Gasteiger partial charge in [0.1, 0.15) is 0 Å². The van der Waals surface area contributed by atoms with Crippen molar-refractivity contribution in [3.05, 3.63) is 0 Å². The van der Waals surface area contributed by atoms with Crippen molar-refractivity contribution in [3.8, 4) is 0 Å². The molecule has 2 heterocycles. The highest BCUT2D eigenvalue weighted by Gasteiger charge is 2.32. The Kier molecular flexibility index (Phi) is 6.45. The van der Waals surface area contributed by atoms with Crippen molar-refractivity contribution in [1.29, 1.82) is 0 Å². The summed E-state index contributed by atoms with van der Waals surface area (Å²) in [5, 5.41) is 6.29. The zero-order valence-electron chi connectivity index (χ0n) is 13.7. The van der Waals surface area contributed by atoms with Crippen molar-refractivity contribution in [2.45, 2.75) is 58.2 Å². The summed E-state index contributed by atoms with van der Waals surface area (Å²) in [5.41, 5.74) is 0. The number of ether oxygens (including phenoxy) is 1. The van der Waals surface area contributed by atoms with E-state index in [1.54, 1.807) is 0 Å². The minimum absolute atomic E-state index is 0.0884. The monoisotopic (exact) mass is 297 g/mol. The van der Waals surface area contributed by atoms with E-state index in [1.807, 2.05) is 6.92 Å². The molecule has 2 aliphatic heterocycles. The van der Waals surface area contributed by atoms with Crippen molar-refractivity contribution in [1.82, 2.24) is 15.5 Å². The normalized spacial score (nSPS) is 27.6. The number of carbonyl (C=O) groups excluding carboxylic acids is 1. The van der Waals surface area contributed by atoms with Crippen molar-refractivity contribution in [2.24, 2.45) is 5.92 Å². The largest absolute Gasteiger partial charge is 0.374 e. The van der Waals surface area contributed by atoms with Gasteiger partial charge in [-0.05, 0) is 38.6 Å². The Morgan fingerprint density at radius 1 is 1.38 bits per heavy atom. The number of amides is 1. The third-order valence-electron chi connectivity index (χ3n) is 4.53. The van der Waals surface area contributed by atoms with Gasteiger partial charge in [0.2, 0.25) is 5.91 Å². The molecule has 122 valence electrons. The first-order valence-electron chi connectivity index (χ1n) is 8.43. The quantitative estimate of drug-likeness (QED) is 0.736. The summed E-state index contributed by atoms with van der Waals surface area (Å²) in [6.45, 7) is 10.8. The van der Waals surface area contributed by atoms with E-state index < -0.39 is 0 Å². The van der Waals surface area contributed by atoms with E-state index in [2.05, 4.69) is 29.4 Å². The minimum atomic E-state index is -0.155. The van der Waals surface area contributed by atoms with E-state index in [9.17, 15) is 4.79 Å². The van der Waals surface area contributed by atoms with Gasteiger partial charge in [0.05, 0.1) is 18.8 Å². The minimum Gasteiger partial charge on any atom is -0.374 e. The van der Waals surface area contributed by atoms with Crippen LogP contribution in [0.15, 0.2) is 0 Å². The fourth-order valence-corrected chi connectivity index (χ4v) is 3.05. The Bertz CT molecular complexity index is 335. The predicted octanol–water partition coefficient (Wildman–Crippen LogP) is 0.990. The molecule has 3 unspecified atom stereocenters. The molecule has 0 saturated carbocycles. The van der Waals surface area contributed by atoms with Gasteiger partial charge in [-0.15, -0.1) is 0 Å². The number of rotatable bonds is 7. The number of nitrogens with one attached hydrogen (secondary N) is 2. The molecule has 0 radical (unpaired) electrons. The van der Waals surface area contributed by atoms with Gasteiger partial charge in [0.25, 0.3) is 0 Å². The highest BCUT2D eigenvalue weighted by atomic mass is 16.5. The molecule has 2 saturated heterocycles. The highest BCUT2D eigenvalue weighted by molar-refractivity contribution is 5.81. The maximum atomic E-state index is 12.0. The lowest BCUT2D eigenvalue weighted by atomic mass is 10.1. The Hall–Kier alpha value is -0.650. The molecule has 2 rings (SSSR count). The van der Waals surface area contributed by atoms with Gasteiger partial charge in [-0.25, -0.2) is 0 Å². The fraction of sp³-hybridized carbons (Fsp3) is 0.938. The Balaban J connectivity index is 1.62. The summed E-state index contributed by atoms with van der Waals surface area (Å²) >= 11 is 0. The van der Waals surface area contributed by atoms with Crippen LogP contribution in [0.4, 0.5) is 0 Å². The molecule has 0 spiro atoms. The first-order chi connectivity index (χ1) is 10.1. The summed E-state index contributed by atoms with van der Waals surface area (Å²) in [4.78, 5) is 14.5. The third kappa shape index (κ3) is 5.24. The zero-order chi connectivity index (χ0) is 15.2. The van der Waals surface area contributed by atoms with Crippen LogP contribution in [0.1, 0.15) is 40.0 Å². The van der Waals surface area contributed by atoms with Crippen LogP contribution in [0.25, 0.3) is 0 Å². The molecule has 0 aliphatic carbocycles. The molecule has 2 aliphatic rings. The van der Waals surface area contributed by atoms with Crippen LogP contribution in [0.5, 0.6) is 0 Å². The second-order valence-electron chi connectivity index (χ2n) is 6.85. The fourth-order valence-electron chi connectivity index (χ4n) is 3.05. The Morgan fingerprint density at radius 3 is 2.95 bits per heavy atom. The van der Waals surface area contributed by atoms with E-state index in [0.29, 0.717) is 12.0 Å². The van der Waals surface area contributed by atoms with Gasteiger partial charge in [-0.3, -0.25) is 9.69 Å². The van der Waals surface area contributed by atoms with Crippen LogP contribution in [-0.4, -0.2) is 61.8 Å². The van der Waals surface area contributed by atoms with Crippen molar-refractivity contribution < 1.29 is 9.53 Å². The molecule has 0 aromatic rings. The molecule has 5 nitrogen and oxygen atoms in total. The van der Waals surface area contributed by atoms with Gasteiger partial charge in [-0.1, -0.05) is 13.8 Å². The lowest BCUT2D eigenvalue weighted by Gasteiger charge is -2.35. The summed E-state index contributed by atoms with van der Waals surface area (Å²) < 4.78 is 5.90. The lowest BCUT2D eigenvalue weighted by molar-refractivity contribution is -0.123. The molecule has 2 N–H and O–H groups in total. The number of carbonyl (C=O) groups is 1. The molecular formula is C16H31N3O2. The number of hydrogen-bond donors (Lipinski definition) is 2. The number of nitrogens with zero attached hydrogens (tertiary/aromatic N) is 1. The molecule has 0 bridgehead atoms. The molecule has 5 heteroatoms. The first-order valence-corrected chi connectivity index (χ1v) is 8.43.